The highest BCUT2D eigenvalue weighted by atomic mass is 16.3. The number of aliphatic hydroxyl groups is 2. The summed E-state index contributed by atoms with van der Waals surface area (Å²) in [4.78, 5) is 3.10. The molecule has 4 fully saturated rings. The molecule has 29 heavy (non-hydrogen) atoms. The summed E-state index contributed by atoms with van der Waals surface area (Å²) in [6.45, 7) is 6.82. The molecule has 0 aromatic carbocycles. The van der Waals surface area contributed by atoms with E-state index in [1.54, 1.807) is 0 Å². The summed E-state index contributed by atoms with van der Waals surface area (Å²) in [7, 11) is 2.11. The highest BCUT2D eigenvalue weighted by Crippen LogP contribution is 2.64. The minimum atomic E-state index is -0.528. The second-order valence-electron chi connectivity index (χ2n) is 10.6. The molecule has 0 amide bonds. The van der Waals surface area contributed by atoms with Gasteiger partial charge in [-0.25, -0.2) is 0 Å². The Balaban J connectivity index is 1.74. The van der Waals surface area contributed by atoms with Crippen molar-refractivity contribution >= 4 is 24.9 Å². The summed E-state index contributed by atoms with van der Waals surface area (Å²) in [6.07, 6.45) is 5.98. The summed E-state index contributed by atoms with van der Waals surface area (Å²) in [5.41, 5.74) is 13.0. The van der Waals surface area contributed by atoms with E-state index in [-0.39, 0.29) is 23.9 Å². The molecule has 4 bridgehead atoms. The van der Waals surface area contributed by atoms with Gasteiger partial charge in [0.25, 0.3) is 0 Å². The topological polar surface area (TPSA) is 107 Å². The molecule has 0 radical (unpaired) electrons. The molecule has 158 valence electrons. The Kier molecular flexibility index (Phi) is 5.10. The van der Waals surface area contributed by atoms with Crippen molar-refractivity contribution in [2.75, 3.05) is 18.9 Å². The Bertz CT molecular complexity index is 842. The minimum absolute atomic E-state index is 0.0984. The molecule has 5 unspecified atom stereocenters. The zero-order valence-electron chi connectivity index (χ0n) is 18.1. The molecule has 0 spiro atoms. The number of aromatic amines is 1. The number of nitrogens with one attached hydrogen (secondary N) is 2. The maximum Gasteiger partial charge on any atom is 0.134 e. The summed E-state index contributed by atoms with van der Waals surface area (Å²) in [5.74, 6) is 2.29. The molecule has 4 aliphatic rings. The largest absolute Gasteiger partial charge is 0.396 e. The molecule has 5 atom stereocenters. The van der Waals surface area contributed by atoms with E-state index in [4.69, 9.17) is 10.8 Å². The van der Waals surface area contributed by atoms with E-state index in [1.165, 1.54) is 11.9 Å². The van der Waals surface area contributed by atoms with E-state index in [2.05, 4.69) is 25.2 Å². The first-order chi connectivity index (χ1) is 13.6. The number of hydrogen-bond acceptors (Lipinski definition) is 5. The van der Waals surface area contributed by atoms with Crippen LogP contribution in [0.5, 0.6) is 0 Å². The lowest BCUT2D eigenvalue weighted by molar-refractivity contribution is 0.00920. The van der Waals surface area contributed by atoms with E-state index in [1.807, 2.05) is 26.1 Å². The fourth-order valence-electron chi connectivity index (χ4n) is 6.15. The van der Waals surface area contributed by atoms with Crippen molar-refractivity contribution in [3.05, 3.63) is 23.3 Å². The Hall–Kier alpha value is -1.73. The van der Waals surface area contributed by atoms with Crippen LogP contribution in [0.4, 0.5) is 5.82 Å². The molecule has 0 saturated heterocycles. The van der Waals surface area contributed by atoms with E-state index in [0.29, 0.717) is 24.2 Å². The molecule has 1 aromatic rings. The highest BCUT2D eigenvalue weighted by molar-refractivity contribution is 6.37. The third kappa shape index (κ3) is 3.53. The van der Waals surface area contributed by atoms with Crippen LogP contribution in [0.25, 0.3) is 5.57 Å². The van der Waals surface area contributed by atoms with Crippen LogP contribution in [-0.4, -0.2) is 47.5 Å². The second-order valence-corrected chi connectivity index (χ2v) is 10.6. The Morgan fingerprint density at radius 3 is 2.76 bits per heavy atom. The van der Waals surface area contributed by atoms with Gasteiger partial charge in [0.05, 0.1) is 11.3 Å². The average Bonchev–Trinajstić information content (AvgIpc) is 3.21. The van der Waals surface area contributed by atoms with Crippen molar-refractivity contribution in [1.82, 2.24) is 10.4 Å². The maximum atomic E-state index is 11.3. The number of anilines is 1. The molecular formula is C22H35BN4O2. The smallest absolute Gasteiger partial charge is 0.134 e. The van der Waals surface area contributed by atoms with E-state index in [0.717, 1.165) is 36.1 Å². The van der Waals surface area contributed by atoms with Crippen LogP contribution in [-0.2, 0) is 0 Å². The van der Waals surface area contributed by atoms with Gasteiger partial charge in [-0.2, -0.15) is 5.10 Å². The number of hydrogen-bond donors (Lipinski definition) is 5. The van der Waals surface area contributed by atoms with Gasteiger partial charge < -0.3 is 26.4 Å². The fourth-order valence-corrected chi connectivity index (χ4v) is 6.15. The van der Waals surface area contributed by atoms with E-state index >= 15 is 0 Å². The Labute approximate surface area is 174 Å². The van der Waals surface area contributed by atoms with Gasteiger partial charge in [0, 0.05) is 36.2 Å². The van der Waals surface area contributed by atoms with Crippen molar-refractivity contribution < 1.29 is 10.2 Å². The molecule has 6 N–H and O–H groups in total. The van der Waals surface area contributed by atoms with Gasteiger partial charge in [-0.15, -0.1) is 5.47 Å². The third-order valence-electron chi connectivity index (χ3n) is 7.42. The van der Waals surface area contributed by atoms with Gasteiger partial charge in [-0.05, 0) is 55.1 Å². The number of nitrogens with two attached hydrogens (primary N) is 1. The zero-order chi connectivity index (χ0) is 21.0. The van der Waals surface area contributed by atoms with Crippen molar-refractivity contribution in [3.8, 4) is 0 Å². The molecule has 5 rings (SSSR count). The number of aliphatic hydroxyl groups excluding tert-OH is 1. The molecule has 4 aliphatic carbocycles. The fraction of sp³-hybridized carbons (Fsp3) is 0.682. The monoisotopic (exact) mass is 398 g/mol. The number of H-pyrrole nitrogens is 1. The van der Waals surface area contributed by atoms with Crippen LogP contribution >= 0.6 is 0 Å². The molecule has 4 saturated carbocycles. The lowest BCUT2D eigenvalue weighted by Gasteiger charge is -2.34. The van der Waals surface area contributed by atoms with Crippen LogP contribution in [0.2, 0.25) is 0 Å². The zero-order valence-corrected chi connectivity index (χ0v) is 18.1. The van der Waals surface area contributed by atoms with Crippen molar-refractivity contribution in [3.63, 3.8) is 0 Å². The predicted octanol–water partition coefficient (Wildman–Crippen LogP) is 1.72. The van der Waals surface area contributed by atoms with Gasteiger partial charge in [0.2, 0.25) is 0 Å². The number of nitrogen functional groups attached to an aromatic ring is 1. The van der Waals surface area contributed by atoms with Crippen LogP contribution in [0.3, 0.4) is 0 Å². The number of nitrogens with zero attached hydrogens (tertiary/aromatic N) is 1. The minimum Gasteiger partial charge on any atom is -0.396 e. The van der Waals surface area contributed by atoms with Gasteiger partial charge in [-0.3, -0.25) is 0 Å². The van der Waals surface area contributed by atoms with Crippen molar-refractivity contribution in [1.29, 1.82) is 0 Å². The SMILES string of the molecule is B/C(C)=C(\C(=N/NCC(C)(C)CO)C1C2CC3CC1C(O)(C3)C2)c1cc[nH]c1N. The molecule has 1 aromatic heterocycles. The maximum absolute atomic E-state index is 11.3. The first kappa shape index (κ1) is 20.5. The molecule has 6 nitrogen and oxygen atoms in total. The van der Waals surface area contributed by atoms with Crippen molar-refractivity contribution in [2.45, 2.75) is 52.1 Å². The predicted molar refractivity (Wildman–Crippen MR) is 120 cm³/mol. The normalized spacial score (nSPS) is 34.6. The lowest BCUT2D eigenvalue weighted by atomic mass is 9.70. The van der Waals surface area contributed by atoms with Gasteiger partial charge in [0.15, 0.2) is 0 Å². The Morgan fingerprint density at radius 2 is 2.17 bits per heavy atom. The summed E-state index contributed by atoms with van der Waals surface area (Å²) in [5, 5.41) is 25.8. The average molecular weight is 398 g/mol. The molecule has 1 heterocycles. The second kappa shape index (κ2) is 7.20. The quantitative estimate of drug-likeness (QED) is 0.274. The van der Waals surface area contributed by atoms with Crippen LogP contribution in [0, 0.1) is 29.1 Å². The summed E-state index contributed by atoms with van der Waals surface area (Å²) in [6, 6.07) is 2.02. The van der Waals surface area contributed by atoms with E-state index < -0.39 is 5.60 Å². The molecule has 7 heteroatoms. The number of aromatic nitrogens is 1. The van der Waals surface area contributed by atoms with Crippen LogP contribution in [0.15, 0.2) is 22.8 Å². The van der Waals surface area contributed by atoms with Gasteiger partial charge in [0.1, 0.15) is 13.7 Å². The lowest BCUT2D eigenvalue weighted by Crippen LogP contribution is -2.36. The van der Waals surface area contributed by atoms with E-state index in [9.17, 15) is 10.2 Å². The number of rotatable bonds is 7. The highest BCUT2D eigenvalue weighted by Gasteiger charge is 2.63. The molecular weight excluding hydrogens is 363 g/mol. The van der Waals surface area contributed by atoms with Gasteiger partial charge >= 0.3 is 0 Å². The molecule has 0 aliphatic heterocycles. The number of allylic oxidation sites excluding steroid dienone is 2. The first-order valence-corrected chi connectivity index (χ1v) is 10.9. The summed E-state index contributed by atoms with van der Waals surface area (Å²) < 4.78 is 0. The number of hydrazone groups is 1. The summed E-state index contributed by atoms with van der Waals surface area (Å²) >= 11 is 0. The first-order valence-electron chi connectivity index (χ1n) is 10.9. The van der Waals surface area contributed by atoms with Crippen molar-refractivity contribution in [2.24, 2.45) is 34.2 Å². The van der Waals surface area contributed by atoms with Crippen LogP contribution < -0.4 is 11.2 Å². The van der Waals surface area contributed by atoms with Gasteiger partial charge in [-0.1, -0.05) is 20.8 Å². The third-order valence-corrected chi connectivity index (χ3v) is 7.42. The standard InChI is InChI=1S/C22H35BN4O2/c1-12(23)17(15-4-5-25-20(15)24)19(27-26-10-21(2,3)11-28)18-14-6-13-7-16(18)22(29,8-13)9-14/h4-5,13-14,16,18,25-26,28-29H,6-11,23-24H2,1-3H3/b17-12-,27-19+. The Morgan fingerprint density at radius 1 is 1.41 bits per heavy atom. The van der Waals surface area contributed by atoms with Crippen LogP contribution in [0.1, 0.15) is 52.0 Å².